The molecule has 0 saturated heterocycles. The maximum atomic E-state index is 8.56. The van der Waals surface area contributed by atoms with Crippen LogP contribution in [0.1, 0.15) is 57.8 Å². The van der Waals surface area contributed by atoms with E-state index in [4.69, 9.17) is 5.21 Å². The van der Waals surface area contributed by atoms with Crippen molar-refractivity contribution in [2.75, 3.05) is 0 Å². The van der Waals surface area contributed by atoms with Crippen LogP contribution in [0.2, 0.25) is 0 Å². The largest absolute Gasteiger partial charge is 0.411 e. The molecule has 1 atom stereocenters. The van der Waals surface area contributed by atoms with Gasteiger partial charge in [-0.25, -0.2) is 0 Å². The monoisotopic (exact) mass is 209 g/mol. The molecule has 1 unspecified atom stereocenters. The molecule has 0 aromatic rings. The lowest BCUT2D eigenvalue weighted by atomic mass is 9.95. The fraction of sp³-hybridized carbons (Fsp3) is 0.769. The number of rotatable bonds is 1. The van der Waals surface area contributed by atoms with Crippen LogP contribution >= 0.6 is 0 Å². The Morgan fingerprint density at radius 2 is 1.60 bits per heavy atom. The minimum atomic E-state index is 0.489. The normalized spacial score (nSPS) is 26.0. The molecule has 0 aliphatic heterocycles. The molecule has 15 heavy (non-hydrogen) atoms. The summed E-state index contributed by atoms with van der Waals surface area (Å²) in [6.45, 7) is 0. The van der Waals surface area contributed by atoms with Gasteiger partial charge >= 0.3 is 0 Å². The number of hydrogen-bond acceptors (Lipinski definition) is 2. The molecule has 0 spiro atoms. The molecule has 86 valence electrons. The van der Waals surface area contributed by atoms with E-state index >= 15 is 0 Å². The van der Waals surface area contributed by atoms with Crippen LogP contribution in [0, 0.1) is 5.92 Å². The number of allylic oxidation sites excluding steroid dienone is 2. The number of oxime groups is 1. The van der Waals surface area contributed by atoms with Gasteiger partial charge in [-0.1, -0.05) is 31.4 Å². The molecular weight excluding hydrogens is 186 g/mol. The summed E-state index contributed by atoms with van der Waals surface area (Å²) < 4.78 is 0. The summed E-state index contributed by atoms with van der Waals surface area (Å²) in [5, 5.41) is 11.7. The molecule has 1 rings (SSSR count). The van der Waals surface area contributed by atoms with Gasteiger partial charge in [0, 0.05) is 6.21 Å². The van der Waals surface area contributed by atoms with E-state index < -0.39 is 0 Å². The lowest BCUT2D eigenvalue weighted by Crippen LogP contribution is -2.02. The molecule has 1 aliphatic rings. The molecular formula is C13H23NO. The first kappa shape index (κ1) is 12.3. The first-order valence-electron chi connectivity index (χ1n) is 6.26. The van der Waals surface area contributed by atoms with Crippen molar-refractivity contribution < 1.29 is 5.21 Å². The molecule has 2 nitrogen and oxygen atoms in total. The van der Waals surface area contributed by atoms with Crippen LogP contribution in [0.4, 0.5) is 0 Å². The third-order valence-electron chi connectivity index (χ3n) is 3.09. The zero-order chi connectivity index (χ0) is 10.8. The molecule has 0 aromatic carbocycles. The fourth-order valence-electron chi connectivity index (χ4n) is 2.14. The van der Waals surface area contributed by atoms with E-state index in [0.717, 1.165) is 6.42 Å². The third kappa shape index (κ3) is 6.32. The summed E-state index contributed by atoms with van der Waals surface area (Å²) in [6.07, 6.45) is 17.6. The van der Waals surface area contributed by atoms with Gasteiger partial charge < -0.3 is 5.21 Å². The van der Waals surface area contributed by atoms with Crippen LogP contribution in [0.25, 0.3) is 0 Å². The second kappa shape index (κ2) is 8.51. The van der Waals surface area contributed by atoms with Crippen LogP contribution in [-0.2, 0) is 0 Å². The van der Waals surface area contributed by atoms with Crippen molar-refractivity contribution in [3.8, 4) is 0 Å². The average molecular weight is 209 g/mol. The quantitative estimate of drug-likeness (QED) is 0.299. The summed E-state index contributed by atoms with van der Waals surface area (Å²) in [6, 6.07) is 0. The maximum absolute atomic E-state index is 8.56. The van der Waals surface area contributed by atoms with Crippen LogP contribution in [0.15, 0.2) is 17.3 Å². The van der Waals surface area contributed by atoms with E-state index in [-0.39, 0.29) is 0 Å². The van der Waals surface area contributed by atoms with Crippen LogP contribution in [0.5, 0.6) is 0 Å². The average Bonchev–Trinajstić information content (AvgIpc) is 2.22. The Bertz CT molecular complexity index is 199. The van der Waals surface area contributed by atoms with Crippen molar-refractivity contribution in [1.29, 1.82) is 0 Å². The van der Waals surface area contributed by atoms with Crippen LogP contribution in [0.3, 0.4) is 0 Å². The predicted molar refractivity (Wildman–Crippen MR) is 64.5 cm³/mol. The topological polar surface area (TPSA) is 32.6 Å². The van der Waals surface area contributed by atoms with Crippen molar-refractivity contribution in [2.45, 2.75) is 57.8 Å². The molecule has 0 amide bonds. The highest BCUT2D eigenvalue weighted by Gasteiger charge is 2.05. The van der Waals surface area contributed by atoms with Crippen molar-refractivity contribution in [1.82, 2.24) is 0 Å². The van der Waals surface area contributed by atoms with Crippen molar-refractivity contribution in [2.24, 2.45) is 11.1 Å². The summed E-state index contributed by atoms with van der Waals surface area (Å²) >= 11 is 0. The van der Waals surface area contributed by atoms with E-state index in [1.165, 1.54) is 51.4 Å². The molecule has 1 N–H and O–H groups in total. The zero-order valence-corrected chi connectivity index (χ0v) is 9.57. The van der Waals surface area contributed by atoms with E-state index in [2.05, 4.69) is 17.3 Å². The van der Waals surface area contributed by atoms with E-state index in [0.29, 0.717) is 5.92 Å². The Kier molecular flexibility index (Phi) is 6.97. The maximum Gasteiger partial charge on any atom is 0.0466 e. The standard InChI is InChI=1S/C13H23NO/c15-14-12-13-10-8-6-4-2-1-3-5-7-9-11-13/h2,4,12-13,15H,1,3,5-11H2. The van der Waals surface area contributed by atoms with Gasteiger partial charge in [-0.2, -0.15) is 0 Å². The summed E-state index contributed by atoms with van der Waals surface area (Å²) in [5.41, 5.74) is 0. The van der Waals surface area contributed by atoms with Gasteiger partial charge in [0.15, 0.2) is 0 Å². The van der Waals surface area contributed by atoms with Gasteiger partial charge in [0.25, 0.3) is 0 Å². The lowest BCUT2D eigenvalue weighted by Gasteiger charge is -2.11. The first-order chi connectivity index (χ1) is 7.43. The van der Waals surface area contributed by atoms with E-state index in [1.807, 2.05) is 0 Å². The molecule has 1 aliphatic carbocycles. The van der Waals surface area contributed by atoms with E-state index in [1.54, 1.807) is 6.21 Å². The van der Waals surface area contributed by atoms with Crippen molar-refractivity contribution in [3.63, 3.8) is 0 Å². The minimum Gasteiger partial charge on any atom is -0.411 e. The highest BCUT2D eigenvalue weighted by Crippen LogP contribution is 2.17. The van der Waals surface area contributed by atoms with Crippen molar-refractivity contribution in [3.05, 3.63) is 12.2 Å². The van der Waals surface area contributed by atoms with Gasteiger partial charge in [-0.05, 0) is 44.4 Å². The van der Waals surface area contributed by atoms with Gasteiger partial charge in [0.2, 0.25) is 0 Å². The fourth-order valence-corrected chi connectivity index (χ4v) is 2.14. The zero-order valence-electron chi connectivity index (χ0n) is 9.57. The molecule has 0 bridgehead atoms. The van der Waals surface area contributed by atoms with Gasteiger partial charge in [-0.15, -0.1) is 5.16 Å². The smallest absolute Gasteiger partial charge is 0.0466 e. The molecule has 0 aromatic heterocycles. The second-order valence-corrected chi connectivity index (χ2v) is 4.42. The van der Waals surface area contributed by atoms with Crippen LogP contribution in [-0.4, -0.2) is 11.4 Å². The minimum absolute atomic E-state index is 0.489. The Hall–Kier alpha value is -0.790. The van der Waals surface area contributed by atoms with Crippen LogP contribution < -0.4 is 0 Å². The molecule has 0 heterocycles. The third-order valence-corrected chi connectivity index (χ3v) is 3.09. The molecule has 0 saturated carbocycles. The summed E-state index contributed by atoms with van der Waals surface area (Å²) in [5.74, 6) is 0.489. The Labute approximate surface area is 93.1 Å². The first-order valence-corrected chi connectivity index (χ1v) is 6.26. The van der Waals surface area contributed by atoms with Gasteiger partial charge in [0.1, 0.15) is 0 Å². The van der Waals surface area contributed by atoms with Gasteiger partial charge in [0.05, 0.1) is 0 Å². The number of nitrogens with zero attached hydrogens (tertiary/aromatic N) is 1. The Balaban J connectivity index is 2.33. The molecule has 2 heteroatoms. The predicted octanol–water partition coefficient (Wildman–Crippen LogP) is 4.14. The highest BCUT2D eigenvalue weighted by molar-refractivity contribution is 5.59. The Morgan fingerprint density at radius 3 is 2.40 bits per heavy atom. The lowest BCUT2D eigenvalue weighted by molar-refractivity contribution is 0.316. The summed E-state index contributed by atoms with van der Waals surface area (Å²) in [7, 11) is 0. The highest BCUT2D eigenvalue weighted by atomic mass is 16.4. The molecule has 0 radical (unpaired) electrons. The SMILES string of the molecule is ON=CC1CCCC=CCCCCCC1. The Morgan fingerprint density at radius 1 is 0.933 bits per heavy atom. The summed E-state index contributed by atoms with van der Waals surface area (Å²) in [4.78, 5) is 0. The van der Waals surface area contributed by atoms with Gasteiger partial charge in [-0.3, -0.25) is 0 Å². The second-order valence-electron chi connectivity index (χ2n) is 4.42. The number of hydrogen-bond donors (Lipinski definition) is 1. The molecule has 0 fully saturated rings. The van der Waals surface area contributed by atoms with E-state index in [9.17, 15) is 0 Å². The van der Waals surface area contributed by atoms with Crippen molar-refractivity contribution >= 4 is 6.21 Å².